The van der Waals surface area contributed by atoms with Gasteiger partial charge in [-0.15, -0.1) is 0 Å². The number of para-hydroxylation sites is 1. The number of benzene rings is 1. The second-order valence-electron chi connectivity index (χ2n) is 5.87. The summed E-state index contributed by atoms with van der Waals surface area (Å²) < 4.78 is 5.09. The Balaban J connectivity index is 2.32. The van der Waals surface area contributed by atoms with Crippen LogP contribution in [0.4, 0.5) is 5.69 Å². The van der Waals surface area contributed by atoms with E-state index in [1.165, 1.54) is 0 Å². The molecule has 4 heteroatoms. The summed E-state index contributed by atoms with van der Waals surface area (Å²) in [6.45, 7) is 8.17. The minimum atomic E-state index is -0.0122. The number of ether oxygens (including phenoxy) is 1. The van der Waals surface area contributed by atoms with Crippen LogP contribution in [0, 0.1) is 12.3 Å². The van der Waals surface area contributed by atoms with Gasteiger partial charge in [0.25, 0.3) is 0 Å². The van der Waals surface area contributed by atoms with Crippen LogP contribution in [0.25, 0.3) is 0 Å². The lowest BCUT2D eigenvalue weighted by Crippen LogP contribution is -2.35. The van der Waals surface area contributed by atoms with E-state index in [0.29, 0.717) is 6.54 Å². The molecule has 1 rings (SSSR count). The van der Waals surface area contributed by atoms with E-state index in [-0.39, 0.29) is 11.3 Å². The van der Waals surface area contributed by atoms with Gasteiger partial charge < -0.3 is 15.4 Å². The molecule has 0 aliphatic rings. The molecule has 0 bridgehead atoms. The van der Waals surface area contributed by atoms with Crippen LogP contribution in [0.3, 0.4) is 0 Å². The molecule has 0 atom stereocenters. The maximum Gasteiger partial charge on any atom is 0.238 e. The van der Waals surface area contributed by atoms with Gasteiger partial charge in [0.1, 0.15) is 0 Å². The van der Waals surface area contributed by atoms with E-state index in [1.54, 1.807) is 7.11 Å². The summed E-state index contributed by atoms with van der Waals surface area (Å²) in [7, 11) is 1.71. The summed E-state index contributed by atoms with van der Waals surface area (Å²) in [5.74, 6) is -0.0122. The van der Waals surface area contributed by atoms with Crippen molar-refractivity contribution in [2.75, 3.05) is 32.1 Å². The fourth-order valence-electron chi connectivity index (χ4n) is 1.89. The number of carbonyl (C=O) groups excluding carboxylic acids is 1. The van der Waals surface area contributed by atoms with E-state index in [1.807, 2.05) is 31.2 Å². The molecule has 0 saturated heterocycles. The van der Waals surface area contributed by atoms with Gasteiger partial charge in [-0.3, -0.25) is 4.79 Å². The normalized spacial score (nSPS) is 11.4. The number of amides is 1. The summed E-state index contributed by atoms with van der Waals surface area (Å²) in [6, 6.07) is 7.78. The van der Waals surface area contributed by atoms with Crippen LogP contribution >= 0.6 is 0 Å². The van der Waals surface area contributed by atoms with Crippen LogP contribution in [0.15, 0.2) is 24.3 Å². The molecule has 0 aliphatic heterocycles. The van der Waals surface area contributed by atoms with Crippen LogP contribution in [0.2, 0.25) is 0 Å². The fourth-order valence-corrected chi connectivity index (χ4v) is 1.89. The highest BCUT2D eigenvalue weighted by atomic mass is 16.5. The number of hydrogen-bond acceptors (Lipinski definition) is 3. The molecule has 20 heavy (non-hydrogen) atoms. The molecular weight excluding hydrogens is 252 g/mol. The molecule has 0 fully saturated rings. The van der Waals surface area contributed by atoms with Crippen LogP contribution < -0.4 is 10.6 Å². The Bertz CT molecular complexity index is 430. The Labute approximate surface area is 121 Å². The van der Waals surface area contributed by atoms with E-state index in [9.17, 15) is 4.79 Å². The molecule has 1 aromatic carbocycles. The van der Waals surface area contributed by atoms with Crippen molar-refractivity contribution >= 4 is 11.6 Å². The van der Waals surface area contributed by atoms with Gasteiger partial charge >= 0.3 is 0 Å². The first-order chi connectivity index (χ1) is 9.44. The van der Waals surface area contributed by atoms with E-state index in [0.717, 1.165) is 30.8 Å². The summed E-state index contributed by atoms with van der Waals surface area (Å²) in [6.07, 6.45) is 0.968. The average molecular weight is 278 g/mol. The number of hydrogen-bond donors (Lipinski definition) is 2. The molecular formula is C16H26N2O2. The van der Waals surface area contributed by atoms with Crippen LogP contribution in [0.5, 0.6) is 0 Å². The zero-order valence-electron chi connectivity index (χ0n) is 13.0. The molecule has 0 heterocycles. The summed E-state index contributed by atoms with van der Waals surface area (Å²) >= 11 is 0. The number of carbonyl (C=O) groups is 1. The molecule has 0 spiro atoms. The zero-order chi connectivity index (χ0) is 15.0. The van der Waals surface area contributed by atoms with Crippen molar-refractivity contribution < 1.29 is 9.53 Å². The summed E-state index contributed by atoms with van der Waals surface area (Å²) in [4.78, 5) is 11.9. The Hall–Kier alpha value is -1.39. The lowest BCUT2D eigenvalue weighted by Gasteiger charge is -2.24. The molecule has 2 N–H and O–H groups in total. The number of nitrogens with one attached hydrogen (secondary N) is 2. The molecule has 112 valence electrons. The Morgan fingerprint density at radius 2 is 2.00 bits per heavy atom. The fraction of sp³-hybridized carbons (Fsp3) is 0.562. The maximum atomic E-state index is 11.9. The molecule has 0 radical (unpaired) electrons. The van der Waals surface area contributed by atoms with Crippen LogP contribution in [-0.4, -0.2) is 32.7 Å². The molecule has 1 aromatic rings. The highest BCUT2D eigenvalue weighted by molar-refractivity contribution is 5.92. The lowest BCUT2D eigenvalue weighted by atomic mass is 9.90. The Morgan fingerprint density at radius 1 is 1.30 bits per heavy atom. The number of rotatable bonds is 8. The Kier molecular flexibility index (Phi) is 6.68. The van der Waals surface area contributed by atoms with Gasteiger partial charge in [0.2, 0.25) is 5.91 Å². The maximum absolute atomic E-state index is 11.9. The van der Waals surface area contributed by atoms with E-state index >= 15 is 0 Å². The molecule has 0 unspecified atom stereocenters. The van der Waals surface area contributed by atoms with Gasteiger partial charge in [-0.25, -0.2) is 0 Å². The molecule has 0 aromatic heterocycles. The topological polar surface area (TPSA) is 50.4 Å². The SMILES string of the molecule is COCCC(C)(C)CNCC(=O)Nc1ccccc1C. The summed E-state index contributed by atoms with van der Waals surface area (Å²) in [5, 5.41) is 6.12. The van der Waals surface area contributed by atoms with Crippen molar-refractivity contribution in [1.29, 1.82) is 0 Å². The third-order valence-corrected chi connectivity index (χ3v) is 3.29. The van der Waals surface area contributed by atoms with Crippen molar-refractivity contribution in [2.45, 2.75) is 27.2 Å². The first-order valence-corrected chi connectivity index (χ1v) is 7.00. The minimum Gasteiger partial charge on any atom is -0.385 e. The zero-order valence-corrected chi connectivity index (χ0v) is 13.0. The third kappa shape index (κ3) is 6.17. The minimum absolute atomic E-state index is 0.0122. The molecule has 1 amide bonds. The monoisotopic (exact) mass is 278 g/mol. The summed E-state index contributed by atoms with van der Waals surface area (Å²) in [5.41, 5.74) is 2.07. The number of anilines is 1. The quantitative estimate of drug-likeness (QED) is 0.768. The van der Waals surface area contributed by atoms with E-state index in [4.69, 9.17) is 4.74 Å². The number of methoxy groups -OCH3 is 1. The largest absolute Gasteiger partial charge is 0.385 e. The molecule has 0 saturated carbocycles. The predicted octanol–water partition coefficient (Wildman–Crippen LogP) is 2.59. The van der Waals surface area contributed by atoms with Crippen LogP contribution in [0.1, 0.15) is 25.8 Å². The standard InChI is InChI=1S/C16H26N2O2/c1-13-7-5-6-8-14(13)18-15(19)11-17-12-16(2,3)9-10-20-4/h5-8,17H,9-12H2,1-4H3,(H,18,19). The number of aryl methyl sites for hydroxylation is 1. The van der Waals surface area contributed by atoms with Crippen molar-refractivity contribution in [3.63, 3.8) is 0 Å². The van der Waals surface area contributed by atoms with Crippen molar-refractivity contribution in [3.05, 3.63) is 29.8 Å². The second kappa shape index (κ2) is 8.02. The van der Waals surface area contributed by atoms with Gasteiger partial charge in [0.05, 0.1) is 6.54 Å². The van der Waals surface area contributed by atoms with Crippen LogP contribution in [-0.2, 0) is 9.53 Å². The molecule has 4 nitrogen and oxygen atoms in total. The third-order valence-electron chi connectivity index (χ3n) is 3.29. The second-order valence-corrected chi connectivity index (χ2v) is 5.87. The average Bonchev–Trinajstić information content (AvgIpc) is 2.39. The Morgan fingerprint density at radius 3 is 2.65 bits per heavy atom. The van der Waals surface area contributed by atoms with Gasteiger partial charge in [0, 0.05) is 25.9 Å². The highest BCUT2D eigenvalue weighted by Gasteiger charge is 2.17. The van der Waals surface area contributed by atoms with E-state index < -0.39 is 0 Å². The van der Waals surface area contributed by atoms with E-state index in [2.05, 4.69) is 24.5 Å². The highest BCUT2D eigenvalue weighted by Crippen LogP contribution is 2.18. The predicted molar refractivity (Wildman–Crippen MR) is 83.0 cm³/mol. The van der Waals surface area contributed by atoms with Gasteiger partial charge in [-0.1, -0.05) is 32.0 Å². The van der Waals surface area contributed by atoms with Gasteiger partial charge in [-0.2, -0.15) is 0 Å². The van der Waals surface area contributed by atoms with Crippen molar-refractivity contribution in [3.8, 4) is 0 Å². The first kappa shape index (κ1) is 16.7. The first-order valence-electron chi connectivity index (χ1n) is 7.00. The van der Waals surface area contributed by atoms with Crippen molar-refractivity contribution in [2.24, 2.45) is 5.41 Å². The van der Waals surface area contributed by atoms with Crippen molar-refractivity contribution in [1.82, 2.24) is 5.32 Å². The smallest absolute Gasteiger partial charge is 0.238 e. The van der Waals surface area contributed by atoms with Gasteiger partial charge in [-0.05, 0) is 30.4 Å². The molecule has 0 aliphatic carbocycles. The lowest BCUT2D eigenvalue weighted by molar-refractivity contribution is -0.115. The van der Waals surface area contributed by atoms with Gasteiger partial charge in [0.15, 0.2) is 0 Å².